The van der Waals surface area contributed by atoms with Crippen molar-refractivity contribution < 1.29 is 8.42 Å². The quantitative estimate of drug-likeness (QED) is 0.737. The van der Waals surface area contributed by atoms with Crippen LogP contribution in [0.5, 0.6) is 0 Å². The van der Waals surface area contributed by atoms with E-state index in [0.717, 1.165) is 45.1 Å². The Kier molecular flexibility index (Phi) is 5.22. The largest absolute Gasteiger partial charge is 0.318 e. The normalized spacial score (nSPS) is 32.4. The zero-order chi connectivity index (χ0) is 13.9. The van der Waals surface area contributed by atoms with Crippen molar-refractivity contribution in [1.82, 2.24) is 14.3 Å². The Balaban J connectivity index is 1.93. The maximum atomic E-state index is 12.5. The van der Waals surface area contributed by atoms with Crippen molar-refractivity contribution in [2.45, 2.75) is 57.5 Å². The molecule has 19 heavy (non-hydrogen) atoms. The van der Waals surface area contributed by atoms with Gasteiger partial charge in [0.15, 0.2) is 0 Å². The number of piperidine rings is 1. The zero-order valence-corrected chi connectivity index (χ0v) is 12.9. The van der Waals surface area contributed by atoms with Crippen molar-refractivity contribution in [1.29, 1.82) is 0 Å². The molecule has 1 aliphatic heterocycles. The van der Waals surface area contributed by atoms with Gasteiger partial charge in [-0.3, -0.25) is 0 Å². The highest BCUT2D eigenvalue weighted by atomic mass is 32.2. The van der Waals surface area contributed by atoms with E-state index in [-0.39, 0.29) is 12.1 Å². The standard InChI is InChI=1S/C13H27N3O2S/c1-3-6-11-9-13(11)15-19(17,18)16-8-5-4-7-12(16)10-14-2/h11-15H,3-10H2,1-2H3. The summed E-state index contributed by atoms with van der Waals surface area (Å²) >= 11 is 0. The number of likely N-dealkylation sites (N-methyl/N-ethyl adjacent to an activating group) is 1. The van der Waals surface area contributed by atoms with E-state index < -0.39 is 10.2 Å². The van der Waals surface area contributed by atoms with Crippen LogP contribution in [0.15, 0.2) is 0 Å². The van der Waals surface area contributed by atoms with Gasteiger partial charge in [0.05, 0.1) is 0 Å². The van der Waals surface area contributed by atoms with Crippen LogP contribution >= 0.6 is 0 Å². The number of nitrogens with one attached hydrogen (secondary N) is 2. The Bertz CT molecular complexity index is 383. The van der Waals surface area contributed by atoms with Gasteiger partial charge >= 0.3 is 0 Å². The molecule has 112 valence electrons. The molecule has 1 aliphatic carbocycles. The molecule has 0 amide bonds. The first-order valence-corrected chi connectivity index (χ1v) is 8.96. The van der Waals surface area contributed by atoms with Crippen LogP contribution in [0.2, 0.25) is 0 Å². The molecule has 0 bridgehead atoms. The second-order valence-corrected chi connectivity index (χ2v) is 7.49. The number of rotatable bonds is 7. The van der Waals surface area contributed by atoms with E-state index in [4.69, 9.17) is 0 Å². The van der Waals surface area contributed by atoms with E-state index in [0.29, 0.717) is 12.5 Å². The van der Waals surface area contributed by atoms with Crippen molar-refractivity contribution in [2.75, 3.05) is 20.1 Å². The predicted molar refractivity (Wildman–Crippen MR) is 77.1 cm³/mol. The van der Waals surface area contributed by atoms with E-state index in [9.17, 15) is 8.42 Å². The van der Waals surface area contributed by atoms with Gasteiger partial charge in [-0.05, 0) is 38.6 Å². The van der Waals surface area contributed by atoms with Crippen molar-refractivity contribution in [2.24, 2.45) is 5.92 Å². The average Bonchev–Trinajstić information content (AvgIpc) is 3.08. The zero-order valence-electron chi connectivity index (χ0n) is 12.1. The van der Waals surface area contributed by atoms with Gasteiger partial charge in [-0.2, -0.15) is 17.4 Å². The van der Waals surface area contributed by atoms with E-state index in [1.54, 1.807) is 4.31 Å². The molecule has 3 atom stereocenters. The van der Waals surface area contributed by atoms with Crippen molar-refractivity contribution in [3.63, 3.8) is 0 Å². The van der Waals surface area contributed by atoms with Gasteiger partial charge < -0.3 is 5.32 Å². The lowest BCUT2D eigenvalue weighted by Gasteiger charge is -2.34. The average molecular weight is 289 g/mol. The van der Waals surface area contributed by atoms with Gasteiger partial charge in [0, 0.05) is 25.2 Å². The summed E-state index contributed by atoms with van der Waals surface area (Å²) in [6, 6.07) is 0.293. The number of hydrogen-bond donors (Lipinski definition) is 2. The summed E-state index contributed by atoms with van der Waals surface area (Å²) in [6.45, 7) is 3.55. The summed E-state index contributed by atoms with van der Waals surface area (Å²) in [7, 11) is -1.42. The first-order chi connectivity index (χ1) is 9.08. The predicted octanol–water partition coefficient (Wildman–Crippen LogP) is 1.08. The molecule has 2 rings (SSSR count). The fourth-order valence-electron chi connectivity index (χ4n) is 3.07. The molecule has 2 aliphatic rings. The van der Waals surface area contributed by atoms with Crippen molar-refractivity contribution >= 4 is 10.2 Å². The first kappa shape index (κ1) is 15.2. The van der Waals surface area contributed by atoms with E-state index >= 15 is 0 Å². The van der Waals surface area contributed by atoms with Crippen molar-refractivity contribution in [3.8, 4) is 0 Å². The SMILES string of the molecule is CCCC1CC1NS(=O)(=O)N1CCCCC1CNC. The highest BCUT2D eigenvalue weighted by Gasteiger charge is 2.42. The van der Waals surface area contributed by atoms with E-state index in [1.807, 2.05) is 7.05 Å². The molecule has 1 saturated heterocycles. The molecule has 6 heteroatoms. The second-order valence-electron chi connectivity index (χ2n) is 5.83. The van der Waals surface area contributed by atoms with Gasteiger partial charge in [-0.15, -0.1) is 0 Å². The lowest BCUT2D eigenvalue weighted by Crippen LogP contribution is -2.52. The van der Waals surface area contributed by atoms with Crippen LogP contribution in [-0.4, -0.2) is 44.9 Å². The highest BCUT2D eigenvalue weighted by molar-refractivity contribution is 7.87. The molecule has 0 radical (unpaired) electrons. The molecule has 3 unspecified atom stereocenters. The second kappa shape index (κ2) is 6.52. The molecule has 1 heterocycles. The molecular weight excluding hydrogens is 262 g/mol. The summed E-state index contributed by atoms with van der Waals surface area (Å²) in [5.41, 5.74) is 0. The summed E-state index contributed by atoms with van der Waals surface area (Å²) < 4.78 is 29.5. The van der Waals surface area contributed by atoms with Gasteiger partial charge in [0.2, 0.25) is 0 Å². The minimum Gasteiger partial charge on any atom is -0.318 e. The lowest BCUT2D eigenvalue weighted by atomic mass is 10.1. The van der Waals surface area contributed by atoms with Gasteiger partial charge in [0.25, 0.3) is 10.2 Å². The van der Waals surface area contributed by atoms with Gasteiger partial charge in [0.1, 0.15) is 0 Å². The number of nitrogens with zero attached hydrogens (tertiary/aromatic N) is 1. The molecule has 0 aromatic carbocycles. The summed E-state index contributed by atoms with van der Waals surface area (Å²) in [4.78, 5) is 0. The third-order valence-corrected chi connectivity index (χ3v) is 5.90. The molecule has 1 saturated carbocycles. The third-order valence-electron chi connectivity index (χ3n) is 4.20. The Labute approximate surface area is 117 Å². The molecular formula is C13H27N3O2S. The van der Waals surface area contributed by atoms with Crippen LogP contribution in [0.3, 0.4) is 0 Å². The summed E-state index contributed by atoms with van der Waals surface area (Å²) in [5.74, 6) is 0.562. The van der Waals surface area contributed by atoms with E-state index in [1.165, 1.54) is 0 Å². The molecule has 0 aromatic rings. The molecule has 0 spiro atoms. The minimum atomic E-state index is -3.30. The minimum absolute atomic E-state index is 0.111. The Morgan fingerprint density at radius 3 is 2.79 bits per heavy atom. The number of hydrogen-bond acceptors (Lipinski definition) is 3. The van der Waals surface area contributed by atoms with E-state index in [2.05, 4.69) is 17.0 Å². The maximum absolute atomic E-state index is 12.5. The maximum Gasteiger partial charge on any atom is 0.280 e. The first-order valence-electron chi connectivity index (χ1n) is 7.52. The topological polar surface area (TPSA) is 61.4 Å². The molecule has 0 aromatic heterocycles. The van der Waals surface area contributed by atoms with Crippen LogP contribution in [0.4, 0.5) is 0 Å². The smallest absolute Gasteiger partial charge is 0.280 e. The monoisotopic (exact) mass is 289 g/mol. The Morgan fingerprint density at radius 2 is 2.11 bits per heavy atom. The third kappa shape index (κ3) is 3.90. The van der Waals surface area contributed by atoms with Crippen LogP contribution in [0.1, 0.15) is 45.4 Å². The van der Waals surface area contributed by atoms with Crippen molar-refractivity contribution in [3.05, 3.63) is 0 Å². The van der Waals surface area contributed by atoms with Crippen LogP contribution < -0.4 is 10.0 Å². The van der Waals surface area contributed by atoms with Crippen LogP contribution in [0, 0.1) is 5.92 Å². The summed E-state index contributed by atoms with van der Waals surface area (Å²) in [6.07, 6.45) is 6.34. The fraction of sp³-hybridized carbons (Fsp3) is 1.00. The molecule has 2 N–H and O–H groups in total. The Morgan fingerprint density at radius 1 is 1.32 bits per heavy atom. The van der Waals surface area contributed by atoms with Crippen LogP contribution in [0.25, 0.3) is 0 Å². The Hall–Kier alpha value is -0.170. The summed E-state index contributed by atoms with van der Waals surface area (Å²) in [5, 5.41) is 3.10. The highest BCUT2D eigenvalue weighted by Crippen LogP contribution is 2.35. The molecule has 2 fully saturated rings. The molecule has 5 nitrogen and oxygen atoms in total. The van der Waals surface area contributed by atoms with Gasteiger partial charge in [-0.25, -0.2) is 0 Å². The van der Waals surface area contributed by atoms with Crippen LogP contribution in [-0.2, 0) is 10.2 Å². The van der Waals surface area contributed by atoms with Gasteiger partial charge in [-0.1, -0.05) is 19.8 Å². The lowest BCUT2D eigenvalue weighted by molar-refractivity contribution is 0.246. The fourth-order valence-corrected chi connectivity index (χ4v) is 4.82.